The number of hydrogen-bond acceptors (Lipinski definition) is 3. The van der Waals surface area contributed by atoms with E-state index in [0.29, 0.717) is 16.7 Å². The van der Waals surface area contributed by atoms with Gasteiger partial charge in [0.1, 0.15) is 0 Å². The van der Waals surface area contributed by atoms with Crippen molar-refractivity contribution < 1.29 is 8.42 Å². The van der Waals surface area contributed by atoms with Crippen molar-refractivity contribution in [2.75, 3.05) is 12.8 Å². The lowest BCUT2D eigenvalue weighted by Crippen LogP contribution is -2.26. The normalized spacial score (nSPS) is 11.8. The van der Waals surface area contributed by atoms with Crippen LogP contribution >= 0.6 is 15.9 Å². The number of aryl methyl sites for hydroxylation is 1. The van der Waals surface area contributed by atoms with Crippen LogP contribution in [0.2, 0.25) is 0 Å². The Hall–Kier alpha value is -1.37. The second-order valence-electron chi connectivity index (χ2n) is 4.93. The molecule has 0 atom stereocenters. The van der Waals surface area contributed by atoms with Crippen LogP contribution in [0.25, 0.3) is 0 Å². The van der Waals surface area contributed by atoms with Gasteiger partial charge >= 0.3 is 0 Å². The topological polar surface area (TPSA) is 63.4 Å². The fourth-order valence-corrected chi connectivity index (χ4v) is 3.46. The lowest BCUT2D eigenvalue weighted by atomic mass is 10.1. The van der Waals surface area contributed by atoms with E-state index in [2.05, 4.69) is 15.9 Å². The Morgan fingerprint density at radius 1 is 1.19 bits per heavy atom. The highest BCUT2D eigenvalue weighted by molar-refractivity contribution is 9.10. The lowest BCUT2D eigenvalue weighted by molar-refractivity contribution is 0.466. The Kier molecular flexibility index (Phi) is 4.70. The maximum Gasteiger partial charge on any atom is 0.243 e. The van der Waals surface area contributed by atoms with Gasteiger partial charge in [-0.05, 0) is 46.6 Å². The molecular weight excluding hydrogens is 352 g/mol. The maximum absolute atomic E-state index is 12.5. The summed E-state index contributed by atoms with van der Waals surface area (Å²) in [5.41, 5.74) is 8.22. The molecule has 0 aromatic heterocycles. The Labute approximate surface area is 133 Å². The number of nitrogen functional groups attached to an aromatic ring is 1. The molecule has 0 spiro atoms. The molecule has 0 radical (unpaired) electrons. The van der Waals surface area contributed by atoms with E-state index in [-0.39, 0.29) is 4.90 Å². The van der Waals surface area contributed by atoms with E-state index in [0.717, 1.165) is 11.1 Å². The number of rotatable bonds is 4. The molecule has 0 unspecified atom stereocenters. The Morgan fingerprint density at radius 3 is 2.52 bits per heavy atom. The number of halogens is 1. The van der Waals surface area contributed by atoms with Crippen LogP contribution in [-0.2, 0) is 16.6 Å². The third kappa shape index (κ3) is 3.64. The van der Waals surface area contributed by atoms with Crippen LogP contribution < -0.4 is 5.73 Å². The minimum Gasteiger partial charge on any atom is -0.398 e. The van der Waals surface area contributed by atoms with Crippen molar-refractivity contribution in [2.45, 2.75) is 18.4 Å². The zero-order valence-corrected chi connectivity index (χ0v) is 14.3. The predicted octanol–water partition coefficient (Wildman–Crippen LogP) is 3.16. The van der Waals surface area contributed by atoms with Gasteiger partial charge in [0.25, 0.3) is 0 Å². The van der Waals surface area contributed by atoms with E-state index in [1.54, 1.807) is 19.2 Å². The highest BCUT2D eigenvalue weighted by atomic mass is 79.9. The first-order valence-electron chi connectivity index (χ1n) is 6.37. The van der Waals surface area contributed by atoms with E-state index in [1.807, 2.05) is 31.2 Å². The molecule has 2 N–H and O–H groups in total. The van der Waals surface area contributed by atoms with Gasteiger partial charge < -0.3 is 5.73 Å². The van der Waals surface area contributed by atoms with Gasteiger partial charge in [-0.1, -0.05) is 29.8 Å². The first-order chi connectivity index (χ1) is 9.80. The molecule has 2 aromatic rings. The molecule has 2 rings (SSSR count). The molecule has 0 saturated heterocycles. The quantitative estimate of drug-likeness (QED) is 0.842. The molecule has 0 heterocycles. The molecule has 0 saturated carbocycles. The third-order valence-corrected chi connectivity index (χ3v) is 5.68. The van der Waals surface area contributed by atoms with E-state index in [1.165, 1.54) is 10.4 Å². The van der Waals surface area contributed by atoms with Crippen molar-refractivity contribution in [3.63, 3.8) is 0 Å². The van der Waals surface area contributed by atoms with Gasteiger partial charge in [0.15, 0.2) is 0 Å². The second-order valence-corrected chi connectivity index (χ2v) is 7.83. The molecular formula is C15H17BrN2O2S. The Balaban J connectivity index is 2.28. The maximum atomic E-state index is 12.5. The van der Waals surface area contributed by atoms with E-state index < -0.39 is 10.0 Å². The van der Waals surface area contributed by atoms with Crippen molar-refractivity contribution in [3.8, 4) is 0 Å². The van der Waals surface area contributed by atoms with Crippen LogP contribution in [0.1, 0.15) is 11.1 Å². The molecule has 0 fully saturated rings. The number of hydrogen-bond donors (Lipinski definition) is 1. The lowest BCUT2D eigenvalue weighted by Gasteiger charge is -2.18. The van der Waals surface area contributed by atoms with Crippen LogP contribution in [0.4, 0.5) is 5.69 Å². The van der Waals surface area contributed by atoms with Crippen LogP contribution in [0.15, 0.2) is 51.8 Å². The summed E-state index contributed by atoms with van der Waals surface area (Å²) in [5, 5.41) is 0. The van der Waals surface area contributed by atoms with E-state index in [9.17, 15) is 8.42 Å². The number of nitrogens with zero attached hydrogens (tertiary/aromatic N) is 1. The predicted molar refractivity (Wildman–Crippen MR) is 88.4 cm³/mol. The first-order valence-corrected chi connectivity index (χ1v) is 8.61. The summed E-state index contributed by atoms with van der Waals surface area (Å²) >= 11 is 3.26. The van der Waals surface area contributed by atoms with Crippen LogP contribution in [-0.4, -0.2) is 19.8 Å². The van der Waals surface area contributed by atoms with Crippen molar-refractivity contribution in [2.24, 2.45) is 0 Å². The van der Waals surface area contributed by atoms with Gasteiger partial charge in [0.05, 0.1) is 4.90 Å². The molecule has 6 heteroatoms. The Bertz CT molecular complexity index is 760. The molecule has 112 valence electrons. The van der Waals surface area contributed by atoms with E-state index in [4.69, 9.17) is 5.73 Å². The van der Waals surface area contributed by atoms with Gasteiger partial charge in [0.2, 0.25) is 10.0 Å². The summed E-state index contributed by atoms with van der Waals surface area (Å²) in [7, 11) is -1.99. The van der Waals surface area contributed by atoms with Crippen LogP contribution in [0, 0.1) is 6.92 Å². The second kappa shape index (κ2) is 6.17. The summed E-state index contributed by atoms with van der Waals surface area (Å²) < 4.78 is 27.1. The summed E-state index contributed by atoms with van der Waals surface area (Å²) in [4.78, 5) is 0.193. The average molecular weight is 369 g/mol. The highest BCUT2D eigenvalue weighted by Crippen LogP contribution is 2.25. The van der Waals surface area contributed by atoms with Gasteiger partial charge in [-0.25, -0.2) is 8.42 Å². The van der Waals surface area contributed by atoms with Crippen LogP contribution in [0.5, 0.6) is 0 Å². The number of anilines is 1. The van der Waals surface area contributed by atoms with E-state index >= 15 is 0 Å². The van der Waals surface area contributed by atoms with Gasteiger partial charge in [-0.3, -0.25) is 0 Å². The molecule has 2 aromatic carbocycles. The molecule has 0 amide bonds. The molecule has 4 nitrogen and oxygen atoms in total. The minimum absolute atomic E-state index is 0.193. The van der Waals surface area contributed by atoms with Crippen molar-refractivity contribution in [3.05, 3.63) is 58.1 Å². The Morgan fingerprint density at radius 2 is 1.90 bits per heavy atom. The summed E-state index contributed by atoms with van der Waals surface area (Å²) in [6, 6.07) is 12.4. The molecule has 0 aliphatic rings. The fraction of sp³-hybridized carbons (Fsp3) is 0.200. The largest absolute Gasteiger partial charge is 0.398 e. The highest BCUT2D eigenvalue weighted by Gasteiger charge is 2.21. The van der Waals surface area contributed by atoms with Gasteiger partial charge in [-0.2, -0.15) is 4.31 Å². The summed E-state index contributed by atoms with van der Waals surface area (Å²) in [6.07, 6.45) is 0. The first kappa shape index (κ1) is 16.0. The zero-order valence-electron chi connectivity index (χ0n) is 11.9. The zero-order chi connectivity index (χ0) is 15.6. The molecule has 0 aliphatic carbocycles. The van der Waals surface area contributed by atoms with Crippen molar-refractivity contribution >= 4 is 31.6 Å². The van der Waals surface area contributed by atoms with Crippen molar-refractivity contribution in [1.82, 2.24) is 4.31 Å². The average Bonchev–Trinajstić information content (AvgIpc) is 2.41. The van der Waals surface area contributed by atoms with Gasteiger partial charge in [0, 0.05) is 23.8 Å². The third-order valence-electron chi connectivity index (χ3n) is 3.16. The molecule has 21 heavy (non-hydrogen) atoms. The smallest absolute Gasteiger partial charge is 0.243 e. The minimum atomic E-state index is -3.56. The molecule has 0 aliphatic heterocycles. The summed E-state index contributed by atoms with van der Waals surface area (Å²) in [5.74, 6) is 0. The van der Waals surface area contributed by atoms with Crippen LogP contribution in [0.3, 0.4) is 0 Å². The monoisotopic (exact) mass is 368 g/mol. The molecule has 0 bridgehead atoms. The number of sulfonamides is 1. The SMILES string of the molecule is Cc1cccc(CN(C)S(=O)(=O)c2ccc(Br)c(N)c2)c1. The fourth-order valence-electron chi connectivity index (χ4n) is 2.01. The number of nitrogens with two attached hydrogens (primary N) is 1. The van der Waals surface area contributed by atoms with Crippen molar-refractivity contribution in [1.29, 1.82) is 0 Å². The summed E-state index contributed by atoms with van der Waals surface area (Å²) in [6.45, 7) is 2.30. The number of benzene rings is 2. The van der Waals surface area contributed by atoms with Gasteiger partial charge in [-0.15, -0.1) is 0 Å². The standard InChI is InChI=1S/C15H17BrN2O2S/c1-11-4-3-5-12(8-11)10-18(2)21(19,20)13-6-7-14(16)15(17)9-13/h3-9H,10,17H2,1-2H3.